The van der Waals surface area contributed by atoms with E-state index in [2.05, 4.69) is 19.2 Å². The second kappa shape index (κ2) is 9.93. The third-order valence-corrected chi connectivity index (χ3v) is 6.44. The van der Waals surface area contributed by atoms with Gasteiger partial charge in [-0.15, -0.1) is 11.8 Å². The van der Waals surface area contributed by atoms with Crippen molar-refractivity contribution in [1.82, 2.24) is 5.32 Å². The Balaban J connectivity index is 1.96. The van der Waals surface area contributed by atoms with Gasteiger partial charge in [-0.1, -0.05) is 38.8 Å². The Kier molecular flexibility index (Phi) is 7.90. The molecule has 2 rings (SSSR count). The fourth-order valence-electron chi connectivity index (χ4n) is 3.30. The summed E-state index contributed by atoms with van der Waals surface area (Å²) in [5, 5.41) is 3.04. The van der Waals surface area contributed by atoms with Gasteiger partial charge in [0.25, 0.3) is 5.91 Å². The zero-order valence-electron chi connectivity index (χ0n) is 16.5. The SMILES string of the molecule is CC(=O)CSc1ccccc1C(=O)O[C@H](C)C(=O)N[C@H]1CCC[C@H](C)[C@H]1C. The van der Waals surface area contributed by atoms with Gasteiger partial charge in [0, 0.05) is 10.9 Å². The molecule has 0 spiro atoms. The lowest BCUT2D eigenvalue weighted by Crippen LogP contribution is -2.47. The standard InChI is InChI=1S/C21H29NO4S/c1-13-8-7-10-18(15(13)3)22-20(24)16(4)26-21(25)17-9-5-6-11-19(17)27-12-14(2)23/h5-6,9,11,13,15-16,18H,7-8,10,12H2,1-4H3,(H,22,24)/t13-,15+,16+,18-/m0/s1. The van der Waals surface area contributed by atoms with Crippen LogP contribution in [-0.2, 0) is 14.3 Å². The van der Waals surface area contributed by atoms with Crippen molar-refractivity contribution in [2.75, 3.05) is 5.75 Å². The van der Waals surface area contributed by atoms with E-state index in [1.807, 2.05) is 0 Å². The molecule has 0 bridgehead atoms. The maximum absolute atomic E-state index is 12.5. The zero-order chi connectivity index (χ0) is 20.0. The maximum Gasteiger partial charge on any atom is 0.340 e. The van der Waals surface area contributed by atoms with Crippen molar-refractivity contribution in [3.05, 3.63) is 29.8 Å². The van der Waals surface area contributed by atoms with Gasteiger partial charge in [0.2, 0.25) is 0 Å². The molecule has 0 aromatic heterocycles. The number of ether oxygens (including phenoxy) is 1. The molecule has 6 heteroatoms. The van der Waals surface area contributed by atoms with E-state index in [1.54, 1.807) is 31.2 Å². The number of Topliss-reactive ketones (excluding diaryl/α,β-unsaturated/α-hetero) is 1. The van der Waals surface area contributed by atoms with Crippen LogP contribution in [0.5, 0.6) is 0 Å². The molecule has 0 radical (unpaired) electrons. The van der Waals surface area contributed by atoms with Crippen LogP contribution in [0.1, 0.15) is 57.3 Å². The van der Waals surface area contributed by atoms with Crippen molar-refractivity contribution < 1.29 is 19.1 Å². The third-order valence-electron chi connectivity index (χ3n) is 5.23. The Hall–Kier alpha value is -1.82. The minimum atomic E-state index is -0.868. The molecule has 1 saturated carbocycles. The van der Waals surface area contributed by atoms with Gasteiger partial charge in [0.05, 0.1) is 11.3 Å². The van der Waals surface area contributed by atoms with Crippen molar-refractivity contribution in [2.45, 2.75) is 64.0 Å². The summed E-state index contributed by atoms with van der Waals surface area (Å²) in [6.07, 6.45) is 2.38. The Morgan fingerprint density at radius 3 is 2.63 bits per heavy atom. The number of benzene rings is 1. The summed E-state index contributed by atoms with van der Waals surface area (Å²) in [6, 6.07) is 7.10. The second-order valence-electron chi connectivity index (χ2n) is 7.42. The molecule has 0 aliphatic heterocycles. The molecule has 1 aromatic rings. The molecule has 1 fully saturated rings. The first-order valence-electron chi connectivity index (χ1n) is 9.52. The van der Waals surface area contributed by atoms with Crippen molar-refractivity contribution in [3.63, 3.8) is 0 Å². The topological polar surface area (TPSA) is 72.5 Å². The number of ketones is 1. The highest BCUT2D eigenvalue weighted by Crippen LogP contribution is 2.29. The van der Waals surface area contributed by atoms with Gasteiger partial charge in [0.15, 0.2) is 6.10 Å². The average Bonchev–Trinajstić information content (AvgIpc) is 2.63. The van der Waals surface area contributed by atoms with Gasteiger partial charge in [-0.05, 0) is 44.2 Å². The lowest BCUT2D eigenvalue weighted by molar-refractivity contribution is -0.130. The number of rotatable bonds is 7. The minimum Gasteiger partial charge on any atom is -0.449 e. The van der Waals surface area contributed by atoms with E-state index in [0.717, 1.165) is 12.8 Å². The molecule has 1 amide bonds. The first kappa shape index (κ1) is 21.5. The molecule has 148 valence electrons. The Morgan fingerprint density at radius 2 is 1.93 bits per heavy atom. The number of esters is 1. The van der Waals surface area contributed by atoms with Crippen molar-refractivity contribution in [3.8, 4) is 0 Å². The molecule has 4 atom stereocenters. The van der Waals surface area contributed by atoms with Gasteiger partial charge < -0.3 is 10.1 Å². The molecule has 27 heavy (non-hydrogen) atoms. The van der Waals surface area contributed by atoms with Gasteiger partial charge in [-0.25, -0.2) is 4.79 Å². The van der Waals surface area contributed by atoms with Crippen LogP contribution in [0.15, 0.2) is 29.2 Å². The van der Waals surface area contributed by atoms with Crippen molar-refractivity contribution >= 4 is 29.4 Å². The zero-order valence-corrected chi connectivity index (χ0v) is 17.3. The molecule has 0 unspecified atom stereocenters. The van der Waals surface area contributed by atoms with Crippen LogP contribution in [0.4, 0.5) is 0 Å². The van der Waals surface area contributed by atoms with Gasteiger partial charge in [-0.2, -0.15) is 0 Å². The summed E-state index contributed by atoms with van der Waals surface area (Å²) >= 11 is 1.30. The van der Waals surface area contributed by atoms with Crippen molar-refractivity contribution in [1.29, 1.82) is 0 Å². The smallest absolute Gasteiger partial charge is 0.340 e. The monoisotopic (exact) mass is 391 g/mol. The van der Waals surface area contributed by atoms with Crippen LogP contribution < -0.4 is 5.32 Å². The molecule has 1 aliphatic rings. The molecule has 0 saturated heterocycles. The average molecular weight is 392 g/mol. The first-order chi connectivity index (χ1) is 12.8. The lowest BCUT2D eigenvalue weighted by Gasteiger charge is -2.35. The van der Waals surface area contributed by atoms with E-state index in [0.29, 0.717) is 22.3 Å². The highest BCUT2D eigenvalue weighted by molar-refractivity contribution is 8.00. The summed E-state index contributed by atoms with van der Waals surface area (Å²) in [7, 11) is 0. The fraction of sp³-hybridized carbons (Fsp3) is 0.571. The van der Waals surface area contributed by atoms with E-state index in [4.69, 9.17) is 4.74 Å². The van der Waals surface area contributed by atoms with E-state index >= 15 is 0 Å². The van der Waals surface area contributed by atoms with Crippen LogP contribution in [0.3, 0.4) is 0 Å². The molecule has 0 heterocycles. The third kappa shape index (κ3) is 6.09. The minimum absolute atomic E-state index is 0.0340. The number of thioether (sulfide) groups is 1. The molecular formula is C21H29NO4S. The van der Waals surface area contributed by atoms with E-state index in [1.165, 1.54) is 25.1 Å². The van der Waals surface area contributed by atoms with E-state index in [9.17, 15) is 14.4 Å². The normalized spacial score (nSPS) is 23.3. The summed E-state index contributed by atoms with van der Waals surface area (Å²) in [4.78, 5) is 36.9. The largest absolute Gasteiger partial charge is 0.449 e. The summed E-state index contributed by atoms with van der Waals surface area (Å²) in [6.45, 7) is 7.47. The van der Waals surface area contributed by atoms with Crippen LogP contribution in [-0.4, -0.2) is 35.6 Å². The molecule has 5 nitrogen and oxygen atoms in total. The Labute approximate surface area is 165 Å². The first-order valence-corrected chi connectivity index (χ1v) is 10.5. The van der Waals surface area contributed by atoms with Crippen LogP contribution in [0, 0.1) is 11.8 Å². The summed E-state index contributed by atoms with van der Waals surface area (Å²) in [5.74, 6) is 0.503. The number of carbonyl (C=O) groups is 3. The molecule has 1 aromatic carbocycles. The van der Waals surface area contributed by atoms with Crippen LogP contribution in [0.2, 0.25) is 0 Å². The van der Waals surface area contributed by atoms with E-state index < -0.39 is 12.1 Å². The number of amides is 1. The predicted octanol–water partition coefficient (Wildman–Crippen LogP) is 3.85. The number of hydrogen-bond acceptors (Lipinski definition) is 5. The van der Waals surface area contributed by atoms with Gasteiger partial charge >= 0.3 is 5.97 Å². The van der Waals surface area contributed by atoms with E-state index in [-0.39, 0.29) is 23.5 Å². The maximum atomic E-state index is 12.5. The lowest BCUT2D eigenvalue weighted by atomic mass is 9.78. The molecule has 1 aliphatic carbocycles. The summed E-state index contributed by atoms with van der Waals surface area (Å²) < 4.78 is 5.40. The van der Waals surface area contributed by atoms with Crippen LogP contribution in [0.25, 0.3) is 0 Å². The second-order valence-corrected chi connectivity index (χ2v) is 8.43. The van der Waals surface area contributed by atoms with Crippen molar-refractivity contribution in [2.24, 2.45) is 11.8 Å². The van der Waals surface area contributed by atoms with Crippen LogP contribution >= 0.6 is 11.8 Å². The molecular weight excluding hydrogens is 362 g/mol. The quantitative estimate of drug-likeness (QED) is 0.564. The number of nitrogens with one attached hydrogen (secondary N) is 1. The predicted molar refractivity (Wildman–Crippen MR) is 107 cm³/mol. The van der Waals surface area contributed by atoms with Gasteiger partial charge in [-0.3, -0.25) is 9.59 Å². The Bertz CT molecular complexity index is 691. The summed E-state index contributed by atoms with van der Waals surface area (Å²) in [5.41, 5.74) is 0.378. The highest BCUT2D eigenvalue weighted by atomic mass is 32.2. The fourth-order valence-corrected chi connectivity index (χ4v) is 4.14. The highest BCUT2D eigenvalue weighted by Gasteiger charge is 2.30. The number of carbonyl (C=O) groups excluding carboxylic acids is 3. The van der Waals surface area contributed by atoms with Gasteiger partial charge in [0.1, 0.15) is 5.78 Å². The Morgan fingerprint density at radius 1 is 1.22 bits per heavy atom. The number of hydrogen-bond donors (Lipinski definition) is 1. The molecule has 1 N–H and O–H groups in total.